The molecule has 1 fully saturated rings. The molecule has 1 N–H and O–H groups in total. The van der Waals surface area contributed by atoms with Crippen molar-refractivity contribution in [3.05, 3.63) is 20.8 Å². The number of hydrogen-bond acceptors (Lipinski definition) is 2. The van der Waals surface area contributed by atoms with Crippen molar-refractivity contribution in [3.63, 3.8) is 0 Å². The average molecular weight is 272 g/mol. The topological polar surface area (TPSA) is 12.0 Å². The molecule has 0 saturated heterocycles. The fourth-order valence-corrected chi connectivity index (χ4v) is 4.40. The second kappa shape index (κ2) is 6.21. The number of hydrogen-bond donors (Lipinski definition) is 1. The Bertz CT molecular complexity index is 353. The van der Waals surface area contributed by atoms with Crippen LogP contribution in [-0.4, -0.2) is 7.05 Å². The summed E-state index contributed by atoms with van der Waals surface area (Å²) < 4.78 is 0. The van der Waals surface area contributed by atoms with Gasteiger partial charge in [0.15, 0.2) is 0 Å². The normalized spacial score (nSPS) is 20.2. The average Bonchev–Trinajstić information content (AvgIpc) is 2.59. The quantitative estimate of drug-likeness (QED) is 0.768. The number of nitrogens with one attached hydrogen (secondary N) is 1. The van der Waals surface area contributed by atoms with Crippen molar-refractivity contribution in [1.29, 1.82) is 0 Å². The van der Waals surface area contributed by atoms with Gasteiger partial charge in [0, 0.05) is 10.9 Å². The van der Waals surface area contributed by atoms with Crippen molar-refractivity contribution >= 4 is 22.9 Å². The first-order chi connectivity index (χ1) is 8.24. The van der Waals surface area contributed by atoms with Gasteiger partial charge in [-0.2, -0.15) is 0 Å². The molecule has 2 rings (SSSR count). The maximum absolute atomic E-state index is 6.41. The summed E-state index contributed by atoms with van der Waals surface area (Å²) in [6.45, 7) is 2.10. The maximum atomic E-state index is 6.41. The SMILES string of the molecule is CNC(c1scc(C)c1Cl)C1CCCCCC1. The molecule has 1 aromatic heterocycles. The van der Waals surface area contributed by atoms with E-state index in [-0.39, 0.29) is 0 Å². The van der Waals surface area contributed by atoms with Crippen molar-refractivity contribution in [3.8, 4) is 0 Å². The molecular formula is C14H22ClNS. The first-order valence-electron chi connectivity index (χ1n) is 6.64. The summed E-state index contributed by atoms with van der Waals surface area (Å²) in [5, 5.41) is 6.66. The highest BCUT2D eigenvalue weighted by Crippen LogP contribution is 2.40. The van der Waals surface area contributed by atoms with Gasteiger partial charge in [0.1, 0.15) is 0 Å². The molecule has 1 heterocycles. The number of rotatable bonds is 3. The molecule has 0 bridgehead atoms. The molecule has 1 nitrogen and oxygen atoms in total. The Hall–Kier alpha value is -0.0500. The van der Waals surface area contributed by atoms with Crippen molar-refractivity contribution in [1.82, 2.24) is 5.32 Å². The van der Waals surface area contributed by atoms with Crippen LogP contribution in [0.15, 0.2) is 5.38 Å². The number of thiophene rings is 1. The molecule has 3 heteroatoms. The van der Waals surface area contributed by atoms with Gasteiger partial charge in [-0.1, -0.05) is 37.3 Å². The van der Waals surface area contributed by atoms with E-state index in [9.17, 15) is 0 Å². The Morgan fingerprint density at radius 1 is 1.29 bits per heavy atom. The van der Waals surface area contributed by atoms with E-state index >= 15 is 0 Å². The van der Waals surface area contributed by atoms with Gasteiger partial charge < -0.3 is 5.32 Å². The fourth-order valence-electron chi connectivity index (χ4n) is 2.88. The van der Waals surface area contributed by atoms with Gasteiger partial charge in [0.25, 0.3) is 0 Å². The smallest absolute Gasteiger partial charge is 0.0590 e. The molecule has 0 aromatic carbocycles. The fraction of sp³-hybridized carbons (Fsp3) is 0.714. The molecule has 0 radical (unpaired) electrons. The van der Waals surface area contributed by atoms with Gasteiger partial charge in [0.05, 0.1) is 5.02 Å². The second-order valence-corrected chi connectivity index (χ2v) is 6.40. The number of halogens is 1. The first-order valence-corrected chi connectivity index (χ1v) is 7.90. The van der Waals surface area contributed by atoms with Gasteiger partial charge in [-0.05, 0) is 43.7 Å². The van der Waals surface area contributed by atoms with Crippen molar-refractivity contribution in [2.24, 2.45) is 5.92 Å². The summed E-state index contributed by atoms with van der Waals surface area (Å²) in [5.74, 6) is 0.762. The molecular weight excluding hydrogens is 250 g/mol. The standard InChI is InChI=1S/C14H22ClNS/c1-10-9-17-14(12(10)15)13(16-2)11-7-5-3-4-6-8-11/h9,11,13,16H,3-8H2,1-2H3. The van der Waals surface area contributed by atoms with Crippen LogP contribution in [0.1, 0.15) is 55.0 Å². The predicted molar refractivity (Wildman–Crippen MR) is 77.1 cm³/mol. The third kappa shape index (κ3) is 3.04. The minimum atomic E-state index is 0.458. The molecule has 0 aliphatic heterocycles. The van der Waals surface area contributed by atoms with Crippen LogP contribution < -0.4 is 5.32 Å². The van der Waals surface area contributed by atoms with Crippen LogP contribution >= 0.6 is 22.9 Å². The van der Waals surface area contributed by atoms with Crippen molar-refractivity contribution in [2.45, 2.75) is 51.5 Å². The molecule has 1 aliphatic rings. The minimum absolute atomic E-state index is 0.458. The summed E-state index contributed by atoms with van der Waals surface area (Å²) in [6, 6.07) is 0.458. The Morgan fingerprint density at radius 2 is 1.94 bits per heavy atom. The zero-order valence-corrected chi connectivity index (χ0v) is 12.3. The Morgan fingerprint density at radius 3 is 2.41 bits per heavy atom. The molecule has 1 aromatic rings. The van der Waals surface area contributed by atoms with Crippen LogP contribution in [-0.2, 0) is 0 Å². The predicted octanol–water partition coefficient (Wildman–Crippen LogP) is 4.94. The second-order valence-electron chi connectivity index (χ2n) is 5.11. The lowest BCUT2D eigenvalue weighted by atomic mass is 9.91. The van der Waals surface area contributed by atoms with E-state index in [1.165, 1.54) is 49.0 Å². The van der Waals surface area contributed by atoms with E-state index in [2.05, 4.69) is 24.7 Å². The zero-order valence-electron chi connectivity index (χ0n) is 10.8. The minimum Gasteiger partial charge on any atom is -0.312 e. The first kappa shape index (κ1) is 13.4. The molecule has 1 aliphatic carbocycles. The van der Waals surface area contributed by atoms with Crippen LogP contribution in [0.5, 0.6) is 0 Å². The van der Waals surface area contributed by atoms with Crippen molar-refractivity contribution < 1.29 is 0 Å². The highest BCUT2D eigenvalue weighted by atomic mass is 35.5. The van der Waals surface area contributed by atoms with E-state index < -0.39 is 0 Å². The van der Waals surface area contributed by atoms with Gasteiger partial charge >= 0.3 is 0 Å². The molecule has 96 valence electrons. The van der Waals surface area contributed by atoms with Gasteiger partial charge in [-0.3, -0.25) is 0 Å². The summed E-state index contributed by atoms with van der Waals surface area (Å²) in [4.78, 5) is 1.35. The molecule has 0 spiro atoms. The van der Waals surface area contributed by atoms with E-state index in [0.717, 1.165) is 10.9 Å². The molecule has 0 amide bonds. The summed E-state index contributed by atoms with van der Waals surface area (Å²) in [5.41, 5.74) is 1.22. The van der Waals surface area contributed by atoms with Crippen LogP contribution in [0, 0.1) is 12.8 Å². The summed E-state index contributed by atoms with van der Waals surface area (Å²) in [6.07, 6.45) is 8.27. The molecule has 17 heavy (non-hydrogen) atoms. The third-order valence-corrected chi connectivity index (χ3v) is 5.69. The highest BCUT2D eigenvalue weighted by molar-refractivity contribution is 7.10. The van der Waals surface area contributed by atoms with E-state index in [4.69, 9.17) is 11.6 Å². The Balaban J connectivity index is 2.17. The molecule has 1 atom stereocenters. The van der Waals surface area contributed by atoms with Gasteiger partial charge in [-0.15, -0.1) is 11.3 Å². The molecule has 1 unspecified atom stereocenters. The van der Waals surface area contributed by atoms with Crippen LogP contribution in [0.25, 0.3) is 0 Å². The lowest BCUT2D eigenvalue weighted by Crippen LogP contribution is -2.24. The highest BCUT2D eigenvalue weighted by Gasteiger charge is 2.26. The van der Waals surface area contributed by atoms with E-state index in [0.29, 0.717) is 6.04 Å². The van der Waals surface area contributed by atoms with Crippen LogP contribution in [0.2, 0.25) is 5.02 Å². The lowest BCUT2D eigenvalue weighted by Gasteiger charge is -2.25. The van der Waals surface area contributed by atoms with Crippen molar-refractivity contribution in [2.75, 3.05) is 7.05 Å². The largest absolute Gasteiger partial charge is 0.312 e. The van der Waals surface area contributed by atoms with Crippen LogP contribution in [0.3, 0.4) is 0 Å². The maximum Gasteiger partial charge on any atom is 0.0590 e. The molecule has 1 saturated carbocycles. The zero-order chi connectivity index (χ0) is 12.3. The summed E-state index contributed by atoms with van der Waals surface area (Å²) in [7, 11) is 2.07. The van der Waals surface area contributed by atoms with Gasteiger partial charge in [-0.25, -0.2) is 0 Å². The van der Waals surface area contributed by atoms with Crippen LogP contribution in [0.4, 0.5) is 0 Å². The van der Waals surface area contributed by atoms with E-state index in [1.54, 1.807) is 0 Å². The summed E-state index contributed by atoms with van der Waals surface area (Å²) >= 11 is 8.23. The monoisotopic (exact) mass is 271 g/mol. The Kier molecular flexibility index (Phi) is 4.89. The van der Waals surface area contributed by atoms with Gasteiger partial charge in [0.2, 0.25) is 0 Å². The lowest BCUT2D eigenvalue weighted by molar-refractivity contribution is 0.346. The number of aryl methyl sites for hydroxylation is 1. The Labute approximate surface area is 114 Å². The van der Waals surface area contributed by atoms with E-state index in [1.807, 2.05) is 11.3 Å². The third-order valence-electron chi connectivity index (χ3n) is 3.89.